The van der Waals surface area contributed by atoms with Crippen LogP contribution in [0.2, 0.25) is 5.02 Å². The van der Waals surface area contributed by atoms with Gasteiger partial charge in [0.05, 0.1) is 49.3 Å². The fourth-order valence-electron chi connectivity index (χ4n) is 5.25. The van der Waals surface area contributed by atoms with Crippen molar-refractivity contribution >= 4 is 35.0 Å². The molecule has 236 valence electrons. The molecule has 0 unspecified atom stereocenters. The highest BCUT2D eigenvalue weighted by molar-refractivity contribution is 6.34. The second-order valence-corrected chi connectivity index (χ2v) is 12.4. The van der Waals surface area contributed by atoms with Gasteiger partial charge in [0.2, 0.25) is 0 Å². The summed E-state index contributed by atoms with van der Waals surface area (Å²) in [5.74, 6) is -3.00. The van der Waals surface area contributed by atoms with Gasteiger partial charge >= 0.3 is 0 Å². The number of aryl methyl sites for hydroxylation is 1. The molecule has 0 spiro atoms. The zero-order valence-electron chi connectivity index (χ0n) is 25.6. The van der Waals surface area contributed by atoms with E-state index in [1.807, 2.05) is 21.1 Å². The third-order valence-corrected chi connectivity index (χ3v) is 7.97. The van der Waals surface area contributed by atoms with Gasteiger partial charge in [0.25, 0.3) is 17.7 Å². The minimum atomic E-state index is -1.08. The quantitative estimate of drug-likeness (QED) is 0.297. The van der Waals surface area contributed by atoms with Gasteiger partial charge in [0, 0.05) is 61.8 Å². The van der Waals surface area contributed by atoms with Crippen LogP contribution in [0.5, 0.6) is 0 Å². The molecule has 1 saturated heterocycles. The zero-order valence-corrected chi connectivity index (χ0v) is 26.4. The second-order valence-electron chi connectivity index (χ2n) is 12.0. The van der Waals surface area contributed by atoms with E-state index in [2.05, 4.69) is 20.5 Å². The number of nitrogens with one attached hydrogen (secondary N) is 2. The number of nitrogens with zero attached hydrogens (tertiary/aromatic N) is 6. The summed E-state index contributed by atoms with van der Waals surface area (Å²) in [6.45, 7) is 3.70. The summed E-state index contributed by atoms with van der Waals surface area (Å²) >= 11 is 6.46. The van der Waals surface area contributed by atoms with E-state index in [1.165, 1.54) is 48.3 Å². The first-order chi connectivity index (χ1) is 21.2. The molecule has 0 saturated carbocycles. The van der Waals surface area contributed by atoms with E-state index in [4.69, 9.17) is 11.6 Å². The number of hydrogen-bond donors (Lipinski definition) is 2. The molecule has 3 amide bonds. The number of aromatic amines is 1. The molecule has 2 aromatic carbocycles. The third-order valence-electron chi connectivity index (χ3n) is 7.66. The maximum Gasteiger partial charge on any atom is 0.291 e. The molecule has 0 bridgehead atoms. The summed E-state index contributed by atoms with van der Waals surface area (Å²) in [4.78, 5) is 46.4. The Morgan fingerprint density at radius 3 is 2.24 bits per heavy atom. The number of hydrogen-bond acceptors (Lipinski definition) is 5. The van der Waals surface area contributed by atoms with E-state index < -0.39 is 17.5 Å². The monoisotopic (exact) mass is 639 g/mol. The van der Waals surface area contributed by atoms with Gasteiger partial charge in [-0.1, -0.05) is 17.7 Å². The van der Waals surface area contributed by atoms with Gasteiger partial charge in [-0.25, -0.2) is 13.8 Å². The van der Waals surface area contributed by atoms with Crippen LogP contribution in [0.4, 0.5) is 14.5 Å². The number of benzene rings is 2. The minimum Gasteiger partial charge on any atom is -0.335 e. The Hall–Kier alpha value is -4.62. The van der Waals surface area contributed by atoms with Crippen LogP contribution in [-0.4, -0.2) is 106 Å². The molecule has 14 heteroatoms. The average Bonchev–Trinajstić information content (AvgIpc) is 3.58. The molecule has 3 heterocycles. The SMILES string of the molecule is Cc1n[nH]cc1-c1ccc(-c2cnc(C(=O)Nc3ccc(C(=O)N4CCN(C(=O)C[N+](C)(C)C)CC4)c(Cl)c3)n2C)c(F)c1F. The fourth-order valence-corrected chi connectivity index (χ4v) is 5.51. The Balaban J connectivity index is 1.25. The summed E-state index contributed by atoms with van der Waals surface area (Å²) in [7, 11) is 7.37. The van der Waals surface area contributed by atoms with Crippen molar-refractivity contribution in [3.05, 3.63) is 76.5 Å². The van der Waals surface area contributed by atoms with Gasteiger partial charge in [-0.05, 0) is 31.2 Å². The van der Waals surface area contributed by atoms with Crippen molar-refractivity contribution in [1.82, 2.24) is 29.5 Å². The standard InChI is InChI=1S/C31H33ClF2N8O3/c1-18-23(15-36-38-18)20-8-9-22(28(34)27(20)33)25-16-35-29(39(25)2)30(44)37-19-6-7-21(24(32)14-19)31(45)41-12-10-40(11-13-41)26(43)17-42(3,4)5/h6-9,14-16H,10-13,17H2,1-5H3,(H-,36,37,38,44,45)/p+1. The van der Waals surface area contributed by atoms with Crippen LogP contribution in [0.1, 0.15) is 26.7 Å². The highest BCUT2D eigenvalue weighted by Gasteiger charge is 2.29. The number of imidazole rings is 1. The number of carbonyl (C=O) groups is 3. The number of quaternary nitrogens is 1. The molecule has 1 aliphatic rings. The largest absolute Gasteiger partial charge is 0.335 e. The Labute approximate surface area is 264 Å². The van der Waals surface area contributed by atoms with Crippen molar-refractivity contribution in [2.45, 2.75) is 6.92 Å². The molecule has 2 aromatic heterocycles. The second kappa shape index (κ2) is 12.4. The number of aromatic nitrogens is 4. The first-order valence-electron chi connectivity index (χ1n) is 14.2. The number of rotatable bonds is 7. The predicted molar refractivity (Wildman–Crippen MR) is 166 cm³/mol. The molecule has 1 fully saturated rings. The van der Waals surface area contributed by atoms with Crippen LogP contribution in [0.3, 0.4) is 0 Å². The van der Waals surface area contributed by atoms with E-state index in [-0.39, 0.29) is 45.0 Å². The molecule has 5 rings (SSSR count). The molecule has 45 heavy (non-hydrogen) atoms. The summed E-state index contributed by atoms with van der Waals surface area (Å²) < 4.78 is 32.1. The van der Waals surface area contributed by atoms with E-state index in [0.717, 1.165) is 0 Å². The molecule has 4 aromatic rings. The van der Waals surface area contributed by atoms with E-state index in [0.29, 0.717) is 54.2 Å². The van der Waals surface area contributed by atoms with Crippen molar-refractivity contribution < 1.29 is 27.6 Å². The van der Waals surface area contributed by atoms with Gasteiger partial charge in [-0.15, -0.1) is 0 Å². The highest BCUT2D eigenvalue weighted by Crippen LogP contribution is 2.32. The summed E-state index contributed by atoms with van der Waals surface area (Å²) in [5, 5.41) is 9.43. The van der Waals surface area contributed by atoms with Crippen molar-refractivity contribution in [3.8, 4) is 22.4 Å². The number of H-pyrrole nitrogens is 1. The number of carbonyl (C=O) groups excluding carboxylic acids is 3. The minimum absolute atomic E-state index is 0.0447. The van der Waals surface area contributed by atoms with E-state index in [1.54, 1.807) is 22.8 Å². The highest BCUT2D eigenvalue weighted by atomic mass is 35.5. The molecule has 1 aliphatic heterocycles. The van der Waals surface area contributed by atoms with Crippen molar-refractivity contribution in [1.29, 1.82) is 0 Å². The molecule has 0 radical (unpaired) electrons. The first-order valence-corrected chi connectivity index (χ1v) is 14.6. The number of amides is 3. The van der Waals surface area contributed by atoms with Gasteiger partial charge < -0.3 is 24.2 Å². The lowest BCUT2D eigenvalue weighted by atomic mass is 10.0. The van der Waals surface area contributed by atoms with Crippen LogP contribution in [0.25, 0.3) is 22.4 Å². The van der Waals surface area contributed by atoms with E-state index in [9.17, 15) is 14.4 Å². The Kier molecular flexibility index (Phi) is 8.77. The van der Waals surface area contributed by atoms with Crippen LogP contribution in [0.15, 0.2) is 42.7 Å². The Morgan fingerprint density at radius 1 is 0.978 bits per heavy atom. The lowest BCUT2D eigenvalue weighted by molar-refractivity contribution is -0.862. The summed E-state index contributed by atoms with van der Waals surface area (Å²) in [5.41, 5.74) is 1.76. The zero-order chi connectivity index (χ0) is 32.6. The number of likely N-dealkylation sites (N-methyl/N-ethyl adjacent to an activating group) is 1. The molecule has 0 atom stereocenters. The van der Waals surface area contributed by atoms with Crippen LogP contribution >= 0.6 is 11.6 Å². The smallest absolute Gasteiger partial charge is 0.291 e. The lowest BCUT2D eigenvalue weighted by Gasteiger charge is -2.36. The maximum absolute atomic E-state index is 15.2. The lowest BCUT2D eigenvalue weighted by Crippen LogP contribution is -2.54. The first kappa shape index (κ1) is 31.8. The Morgan fingerprint density at radius 2 is 1.62 bits per heavy atom. The van der Waals surface area contributed by atoms with Crippen LogP contribution in [-0.2, 0) is 11.8 Å². The molecule has 2 N–H and O–H groups in total. The molecule has 11 nitrogen and oxygen atoms in total. The van der Waals surface area contributed by atoms with Gasteiger partial charge in [0.15, 0.2) is 24.0 Å². The summed E-state index contributed by atoms with van der Waals surface area (Å²) in [6, 6.07) is 7.42. The normalized spacial score (nSPS) is 13.7. The summed E-state index contributed by atoms with van der Waals surface area (Å²) in [6.07, 6.45) is 2.78. The topological polar surface area (TPSA) is 116 Å². The van der Waals surface area contributed by atoms with Gasteiger partial charge in [0.1, 0.15) is 0 Å². The number of anilines is 1. The van der Waals surface area contributed by atoms with Gasteiger partial charge in [-0.3, -0.25) is 19.5 Å². The average molecular weight is 640 g/mol. The fraction of sp³-hybridized carbons (Fsp3) is 0.323. The van der Waals surface area contributed by atoms with E-state index >= 15 is 8.78 Å². The number of halogens is 3. The van der Waals surface area contributed by atoms with Crippen molar-refractivity contribution in [3.63, 3.8) is 0 Å². The number of piperazine rings is 1. The third kappa shape index (κ3) is 6.59. The molecular formula is C31H34ClF2N8O3+. The predicted octanol–water partition coefficient (Wildman–Crippen LogP) is 3.96. The molecular weight excluding hydrogens is 606 g/mol. The van der Waals surface area contributed by atoms with Gasteiger partial charge in [-0.2, -0.15) is 5.10 Å². The molecule has 0 aliphatic carbocycles. The van der Waals surface area contributed by atoms with Crippen molar-refractivity contribution in [2.75, 3.05) is 59.2 Å². The maximum atomic E-state index is 15.2. The van der Waals surface area contributed by atoms with Crippen molar-refractivity contribution in [2.24, 2.45) is 7.05 Å². The Bertz CT molecular complexity index is 1790. The van der Waals surface area contributed by atoms with Crippen LogP contribution < -0.4 is 5.32 Å². The van der Waals surface area contributed by atoms with Crippen LogP contribution in [0, 0.1) is 18.6 Å².